The zero-order valence-electron chi connectivity index (χ0n) is 13.2. The summed E-state index contributed by atoms with van der Waals surface area (Å²) in [6.07, 6.45) is 1.09. The van der Waals surface area contributed by atoms with Crippen LogP contribution in [0.4, 0.5) is 0 Å². The third-order valence-corrected chi connectivity index (χ3v) is 4.09. The van der Waals surface area contributed by atoms with Gasteiger partial charge in [0.05, 0.1) is 14.2 Å². The highest BCUT2D eigenvalue weighted by molar-refractivity contribution is 5.78. The first-order valence-corrected chi connectivity index (χ1v) is 7.33. The van der Waals surface area contributed by atoms with E-state index in [4.69, 9.17) is 15.2 Å². The van der Waals surface area contributed by atoms with Gasteiger partial charge in [-0.05, 0) is 18.9 Å². The number of likely N-dealkylation sites (tertiary alicyclic amines) is 1. The van der Waals surface area contributed by atoms with Crippen molar-refractivity contribution in [2.75, 3.05) is 27.3 Å². The van der Waals surface area contributed by atoms with Crippen LogP contribution in [0.25, 0.3) is 0 Å². The monoisotopic (exact) mass is 323 g/mol. The van der Waals surface area contributed by atoms with Crippen LogP contribution in [0.15, 0.2) is 12.1 Å². The molecule has 3 N–H and O–H groups in total. The largest absolute Gasteiger partial charge is 0.481 e. The highest BCUT2D eigenvalue weighted by atomic mass is 16.5. The Morgan fingerprint density at radius 1 is 1.30 bits per heavy atom. The Balaban J connectivity index is 2.26. The average molecular weight is 323 g/mol. The van der Waals surface area contributed by atoms with E-state index < -0.39 is 12.0 Å². The molecule has 0 radical (unpaired) electrons. The lowest BCUT2D eigenvalue weighted by molar-refractivity contribution is -0.144. The van der Waals surface area contributed by atoms with Gasteiger partial charge in [-0.1, -0.05) is 0 Å². The summed E-state index contributed by atoms with van der Waals surface area (Å²) in [5, 5.41) is 9.65. The fourth-order valence-electron chi connectivity index (χ4n) is 2.85. The molecule has 0 aliphatic carbocycles. The molecular weight excluding hydrogens is 302 g/mol. The molecule has 0 spiro atoms. The van der Waals surface area contributed by atoms with Crippen LogP contribution in [0, 0.1) is 5.92 Å². The van der Waals surface area contributed by atoms with Gasteiger partial charge < -0.3 is 20.3 Å². The van der Waals surface area contributed by atoms with E-state index in [1.54, 1.807) is 17.0 Å². The van der Waals surface area contributed by atoms with Crippen molar-refractivity contribution in [1.29, 1.82) is 0 Å². The normalized spacial score (nSPS) is 17.5. The number of nitrogens with zero attached hydrogens (tertiary/aromatic N) is 2. The van der Waals surface area contributed by atoms with Crippen LogP contribution in [-0.2, 0) is 9.59 Å². The number of carbonyl (C=O) groups is 2. The number of amides is 1. The number of aliphatic carboxylic acids is 1. The van der Waals surface area contributed by atoms with Crippen molar-refractivity contribution >= 4 is 11.9 Å². The van der Waals surface area contributed by atoms with E-state index >= 15 is 0 Å². The van der Waals surface area contributed by atoms with Gasteiger partial charge in [0.2, 0.25) is 17.7 Å². The van der Waals surface area contributed by atoms with E-state index in [9.17, 15) is 14.7 Å². The minimum atomic E-state index is -0.993. The van der Waals surface area contributed by atoms with E-state index in [0.717, 1.165) is 0 Å². The number of ether oxygens (including phenoxy) is 2. The van der Waals surface area contributed by atoms with E-state index in [0.29, 0.717) is 37.4 Å². The van der Waals surface area contributed by atoms with Crippen LogP contribution in [0.5, 0.6) is 11.8 Å². The van der Waals surface area contributed by atoms with E-state index in [1.165, 1.54) is 14.2 Å². The fraction of sp³-hybridized carbons (Fsp3) is 0.533. The summed E-state index contributed by atoms with van der Waals surface area (Å²) in [5.41, 5.74) is 5.78. The Morgan fingerprint density at radius 3 is 2.43 bits per heavy atom. The molecule has 1 aromatic heterocycles. The molecule has 23 heavy (non-hydrogen) atoms. The lowest BCUT2D eigenvalue weighted by atomic mass is 9.94. The van der Waals surface area contributed by atoms with Crippen LogP contribution in [-0.4, -0.2) is 54.2 Å². The molecule has 0 aromatic carbocycles. The number of carbonyl (C=O) groups excluding carboxylic acids is 1. The standard InChI is InChI=1S/C15H21N3O5/c1-22-11-4-3-10(14(17-11)23-2)12(15(20)21)18-7-5-9(6-8-18)13(16)19/h3-4,9,12H,5-8H2,1-2H3,(H2,16,19)(H,20,21)/t12-/m0/s1. The van der Waals surface area contributed by atoms with Crippen LogP contribution in [0.2, 0.25) is 0 Å². The Kier molecular flexibility index (Phi) is 5.38. The molecule has 8 nitrogen and oxygen atoms in total. The summed E-state index contributed by atoms with van der Waals surface area (Å²) < 4.78 is 10.2. The van der Waals surface area contributed by atoms with E-state index in [1.807, 2.05) is 0 Å². The third kappa shape index (κ3) is 3.70. The first-order chi connectivity index (χ1) is 11.0. The SMILES string of the molecule is COc1ccc([C@@H](C(=O)O)N2CCC(C(N)=O)CC2)c(OC)n1. The zero-order valence-corrected chi connectivity index (χ0v) is 13.2. The number of aromatic nitrogens is 1. The van der Waals surface area contributed by atoms with Crippen molar-refractivity contribution in [2.45, 2.75) is 18.9 Å². The quantitative estimate of drug-likeness (QED) is 0.779. The van der Waals surface area contributed by atoms with Crippen molar-refractivity contribution in [3.05, 3.63) is 17.7 Å². The van der Waals surface area contributed by atoms with Gasteiger partial charge in [-0.3, -0.25) is 14.5 Å². The van der Waals surface area contributed by atoms with Gasteiger partial charge in [0, 0.05) is 30.6 Å². The number of primary amides is 1. The van der Waals surface area contributed by atoms with Gasteiger partial charge in [0.15, 0.2) is 0 Å². The van der Waals surface area contributed by atoms with E-state index in [-0.39, 0.29) is 17.7 Å². The Labute approximate surface area is 134 Å². The molecule has 1 amide bonds. The zero-order chi connectivity index (χ0) is 17.0. The number of nitrogens with two attached hydrogens (primary N) is 1. The van der Waals surface area contributed by atoms with Crippen LogP contribution in [0.1, 0.15) is 24.4 Å². The van der Waals surface area contributed by atoms with Gasteiger partial charge in [0.25, 0.3) is 0 Å². The van der Waals surface area contributed by atoms with Gasteiger partial charge in [-0.15, -0.1) is 0 Å². The van der Waals surface area contributed by atoms with Crippen LogP contribution < -0.4 is 15.2 Å². The average Bonchev–Trinajstić information content (AvgIpc) is 2.55. The minimum absolute atomic E-state index is 0.198. The summed E-state index contributed by atoms with van der Waals surface area (Å²) in [5.74, 6) is -0.958. The van der Waals surface area contributed by atoms with Crippen molar-refractivity contribution in [3.63, 3.8) is 0 Å². The molecule has 1 saturated heterocycles. The summed E-state index contributed by atoms with van der Waals surface area (Å²) >= 11 is 0. The smallest absolute Gasteiger partial charge is 0.325 e. The predicted octanol–water partition coefficient (Wildman–Crippen LogP) is 0.422. The molecule has 1 aliphatic rings. The Morgan fingerprint density at radius 2 is 1.96 bits per heavy atom. The molecule has 0 unspecified atom stereocenters. The van der Waals surface area contributed by atoms with Crippen molar-refractivity contribution in [1.82, 2.24) is 9.88 Å². The number of carboxylic acids is 1. The van der Waals surface area contributed by atoms with Gasteiger partial charge in [-0.2, -0.15) is 4.98 Å². The Hall–Kier alpha value is -2.35. The van der Waals surface area contributed by atoms with Gasteiger partial charge in [-0.25, -0.2) is 0 Å². The maximum Gasteiger partial charge on any atom is 0.325 e. The van der Waals surface area contributed by atoms with Crippen LogP contribution >= 0.6 is 0 Å². The molecule has 0 saturated carbocycles. The second kappa shape index (κ2) is 7.28. The number of piperidine rings is 1. The summed E-state index contributed by atoms with van der Waals surface area (Å²) in [7, 11) is 2.91. The molecule has 1 aliphatic heterocycles. The number of rotatable bonds is 6. The number of carboxylic acid groups (broad SMARTS) is 1. The van der Waals surface area contributed by atoms with Crippen molar-refractivity contribution in [3.8, 4) is 11.8 Å². The number of methoxy groups -OCH3 is 2. The maximum absolute atomic E-state index is 11.8. The summed E-state index contributed by atoms with van der Waals surface area (Å²) in [6, 6.07) is 2.35. The lowest BCUT2D eigenvalue weighted by Crippen LogP contribution is -2.43. The van der Waals surface area contributed by atoms with Crippen molar-refractivity contribution in [2.24, 2.45) is 11.7 Å². The maximum atomic E-state index is 11.8. The molecule has 0 bridgehead atoms. The molecule has 1 aromatic rings. The molecular formula is C15H21N3O5. The molecule has 126 valence electrons. The first kappa shape index (κ1) is 17.0. The van der Waals surface area contributed by atoms with Crippen LogP contribution in [0.3, 0.4) is 0 Å². The highest BCUT2D eigenvalue weighted by Crippen LogP contribution is 2.32. The number of pyridine rings is 1. The number of hydrogen-bond acceptors (Lipinski definition) is 6. The first-order valence-electron chi connectivity index (χ1n) is 7.33. The second-order valence-electron chi connectivity index (χ2n) is 5.41. The molecule has 1 atom stereocenters. The third-order valence-electron chi connectivity index (χ3n) is 4.09. The van der Waals surface area contributed by atoms with Gasteiger partial charge >= 0.3 is 5.97 Å². The minimum Gasteiger partial charge on any atom is -0.481 e. The second-order valence-corrected chi connectivity index (χ2v) is 5.41. The molecule has 2 rings (SSSR count). The predicted molar refractivity (Wildman–Crippen MR) is 81.2 cm³/mol. The van der Waals surface area contributed by atoms with Gasteiger partial charge in [0.1, 0.15) is 6.04 Å². The lowest BCUT2D eigenvalue weighted by Gasteiger charge is -2.35. The topological polar surface area (TPSA) is 115 Å². The highest BCUT2D eigenvalue weighted by Gasteiger charge is 2.34. The molecule has 2 heterocycles. The van der Waals surface area contributed by atoms with E-state index in [2.05, 4.69) is 4.98 Å². The fourth-order valence-corrected chi connectivity index (χ4v) is 2.85. The molecule has 8 heteroatoms. The summed E-state index contributed by atoms with van der Waals surface area (Å²) in [6.45, 7) is 0.944. The van der Waals surface area contributed by atoms with Crippen molar-refractivity contribution < 1.29 is 24.2 Å². The Bertz CT molecular complexity index is 584. The number of hydrogen-bond donors (Lipinski definition) is 2. The summed E-state index contributed by atoms with van der Waals surface area (Å²) in [4.78, 5) is 29.0. The molecule has 1 fully saturated rings.